The predicted molar refractivity (Wildman–Crippen MR) is 74.5 cm³/mol. The molecule has 1 aromatic carbocycles. The highest BCUT2D eigenvalue weighted by molar-refractivity contribution is 5.78. The van der Waals surface area contributed by atoms with Crippen molar-refractivity contribution < 1.29 is 19.4 Å². The first-order valence-corrected chi connectivity index (χ1v) is 6.72. The standard InChI is InChI=1S/C15H21NO4/c1-15(7-8-17)11-16(14(18)10-20-15)9-12-5-3-4-6-13(12)19-2/h3-6,17H,7-11H2,1-2H3. The summed E-state index contributed by atoms with van der Waals surface area (Å²) >= 11 is 0. The van der Waals surface area contributed by atoms with Crippen molar-refractivity contribution in [3.8, 4) is 5.75 Å². The van der Waals surface area contributed by atoms with E-state index < -0.39 is 5.60 Å². The van der Waals surface area contributed by atoms with Crippen LogP contribution >= 0.6 is 0 Å². The molecule has 20 heavy (non-hydrogen) atoms. The molecule has 0 bridgehead atoms. The molecule has 110 valence electrons. The Hall–Kier alpha value is -1.59. The molecule has 1 N–H and O–H groups in total. The van der Waals surface area contributed by atoms with Crippen LogP contribution in [0.5, 0.6) is 5.75 Å². The third-order valence-electron chi connectivity index (χ3n) is 3.62. The monoisotopic (exact) mass is 279 g/mol. The number of hydrogen-bond donors (Lipinski definition) is 1. The van der Waals surface area contributed by atoms with Gasteiger partial charge in [-0.2, -0.15) is 0 Å². The molecule has 1 fully saturated rings. The van der Waals surface area contributed by atoms with Crippen LogP contribution in [0.3, 0.4) is 0 Å². The van der Waals surface area contributed by atoms with E-state index in [4.69, 9.17) is 14.6 Å². The fraction of sp³-hybridized carbons (Fsp3) is 0.533. The molecule has 1 aromatic rings. The number of amides is 1. The van der Waals surface area contributed by atoms with Crippen molar-refractivity contribution in [2.24, 2.45) is 0 Å². The molecule has 5 nitrogen and oxygen atoms in total. The maximum Gasteiger partial charge on any atom is 0.249 e. The summed E-state index contributed by atoms with van der Waals surface area (Å²) in [5.41, 5.74) is 0.488. The summed E-state index contributed by atoms with van der Waals surface area (Å²) in [7, 11) is 1.62. The number of carbonyl (C=O) groups is 1. The van der Waals surface area contributed by atoms with E-state index in [0.29, 0.717) is 19.5 Å². The van der Waals surface area contributed by atoms with Gasteiger partial charge in [0.25, 0.3) is 0 Å². The quantitative estimate of drug-likeness (QED) is 0.879. The van der Waals surface area contributed by atoms with Gasteiger partial charge in [-0.3, -0.25) is 4.79 Å². The molecule has 1 unspecified atom stereocenters. The van der Waals surface area contributed by atoms with Gasteiger partial charge in [0.05, 0.1) is 12.7 Å². The predicted octanol–water partition coefficient (Wildman–Crippen LogP) is 1.20. The van der Waals surface area contributed by atoms with Crippen molar-refractivity contribution in [1.82, 2.24) is 4.90 Å². The lowest BCUT2D eigenvalue weighted by Gasteiger charge is -2.40. The van der Waals surface area contributed by atoms with Gasteiger partial charge in [-0.15, -0.1) is 0 Å². The lowest BCUT2D eigenvalue weighted by atomic mass is 9.99. The Morgan fingerprint density at radius 2 is 2.20 bits per heavy atom. The van der Waals surface area contributed by atoms with E-state index in [2.05, 4.69) is 0 Å². The van der Waals surface area contributed by atoms with Crippen LogP contribution in [0.1, 0.15) is 18.9 Å². The number of morpholine rings is 1. The van der Waals surface area contributed by atoms with E-state index in [9.17, 15) is 4.79 Å². The van der Waals surface area contributed by atoms with Crippen LogP contribution in [0.4, 0.5) is 0 Å². The number of nitrogens with zero attached hydrogens (tertiary/aromatic N) is 1. The first kappa shape index (κ1) is 14.8. The number of para-hydroxylation sites is 1. The highest BCUT2D eigenvalue weighted by Gasteiger charge is 2.35. The highest BCUT2D eigenvalue weighted by Crippen LogP contribution is 2.25. The molecule has 0 saturated carbocycles. The van der Waals surface area contributed by atoms with E-state index in [1.807, 2.05) is 31.2 Å². The third-order valence-corrected chi connectivity index (χ3v) is 3.62. The summed E-state index contributed by atoms with van der Waals surface area (Å²) in [6.45, 7) is 3.00. The van der Waals surface area contributed by atoms with Gasteiger partial charge < -0.3 is 19.5 Å². The Morgan fingerprint density at radius 1 is 1.45 bits per heavy atom. The van der Waals surface area contributed by atoms with Crippen molar-refractivity contribution in [1.29, 1.82) is 0 Å². The van der Waals surface area contributed by atoms with Crippen LogP contribution in [0.25, 0.3) is 0 Å². The molecular weight excluding hydrogens is 258 g/mol. The summed E-state index contributed by atoms with van der Waals surface area (Å²) < 4.78 is 10.9. The largest absolute Gasteiger partial charge is 0.496 e. The SMILES string of the molecule is COc1ccccc1CN1CC(C)(CCO)OCC1=O. The molecular formula is C15H21NO4. The second-order valence-electron chi connectivity index (χ2n) is 5.27. The molecule has 1 saturated heterocycles. The molecule has 5 heteroatoms. The highest BCUT2D eigenvalue weighted by atomic mass is 16.5. The van der Waals surface area contributed by atoms with Crippen molar-refractivity contribution in [2.75, 3.05) is 26.9 Å². The molecule has 0 aromatic heterocycles. The molecule has 1 heterocycles. The maximum absolute atomic E-state index is 12.0. The summed E-state index contributed by atoms with van der Waals surface area (Å²) in [6.07, 6.45) is 0.517. The smallest absolute Gasteiger partial charge is 0.249 e. The van der Waals surface area contributed by atoms with Gasteiger partial charge in [-0.25, -0.2) is 0 Å². The van der Waals surface area contributed by atoms with Gasteiger partial charge in [0.2, 0.25) is 5.91 Å². The number of methoxy groups -OCH3 is 1. The van der Waals surface area contributed by atoms with Crippen LogP contribution in [0, 0.1) is 0 Å². The van der Waals surface area contributed by atoms with E-state index in [1.54, 1.807) is 12.0 Å². The van der Waals surface area contributed by atoms with E-state index in [1.165, 1.54) is 0 Å². The Morgan fingerprint density at radius 3 is 2.90 bits per heavy atom. The zero-order chi connectivity index (χ0) is 14.6. The van der Waals surface area contributed by atoms with Crippen LogP contribution in [-0.4, -0.2) is 48.4 Å². The third kappa shape index (κ3) is 3.29. The number of carbonyl (C=O) groups excluding carboxylic acids is 1. The van der Waals surface area contributed by atoms with E-state index >= 15 is 0 Å². The van der Waals surface area contributed by atoms with Crippen molar-refractivity contribution >= 4 is 5.91 Å². The molecule has 0 radical (unpaired) electrons. The van der Waals surface area contributed by atoms with Gasteiger partial charge >= 0.3 is 0 Å². The number of aliphatic hydroxyl groups is 1. The minimum absolute atomic E-state index is 0.0358. The first-order chi connectivity index (χ1) is 9.58. The zero-order valence-corrected chi connectivity index (χ0v) is 12.0. The Labute approximate surface area is 119 Å². The fourth-order valence-electron chi connectivity index (χ4n) is 2.44. The number of rotatable bonds is 5. The second-order valence-corrected chi connectivity index (χ2v) is 5.27. The molecule has 1 atom stereocenters. The topological polar surface area (TPSA) is 59.0 Å². The summed E-state index contributed by atoms with van der Waals surface area (Å²) in [4.78, 5) is 13.7. The molecule has 1 aliphatic heterocycles. The van der Waals surface area contributed by atoms with Crippen LogP contribution in [0.15, 0.2) is 24.3 Å². The lowest BCUT2D eigenvalue weighted by molar-refractivity contribution is -0.164. The Balaban J connectivity index is 2.12. The Kier molecular flexibility index (Phi) is 4.62. The fourth-order valence-corrected chi connectivity index (χ4v) is 2.44. The van der Waals surface area contributed by atoms with Crippen LogP contribution in [-0.2, 0) is 16.1 Å². The van der Waals surface area contributed by atoms with E-state index in [-0.39, 0.29) is 19.1 Å². The minimum atomic E-state index is -0.481. The number of hydrogen-bond acceptors (Lipinski definition) is 4. The first-order valence-electron chi connectivity index (χ1n) is 6.72. The minimum Gasteiger partial charge on any atom is -0.496 e. The van der Waals surface area contributed by atoms with Gasteiger partial charge in [0.1, 0.15) is 12.4 Å². The molecule has 1 aliphatic rings. The summed E-state index contributed by atoms with van der Waals surface area (Å²) in [5, 5.41) is 9.10. The molecule has 0 spiro atoms. The molecule has 1 amide bonds. The Bertz CT molecular complexity index is 477. The van der Waals surface area contributed by atoms with Gasteiger partial charge in [-0.1, -0.05) is 18.2 Å². The average Bonchev–Trinajstić information content (AvgIpc) is 2.44. The van der Waals surface area contributed by atoms with Gasteiger partial charge in [0, 0.05) is 31.7 Å². The van der Waals surface area contributed by atoms with Crippen molar-refractivity contribution in [2.45, 2.75) is 25.5 Å². The van der Waals surface area contributed by atoms with Crippen LogP contribution in [0.2, 0.25) is 0 Å². The summed E-state index contributed by atoms with van der Waals surface area (Å²) in [5.74, 6) is 0.738. The molecule has 2 rings (SSSR count). The normalized spacial score (nSPS) is 22.9. The maximum atomic E-state index is 12.0. The number of benzene rings is 1. The number of ether oxygens (including phenoxy) is 2. The molecule has 0 aliphatic carbocycles. The summed E-state index contributed by atoms with van der Waals surface area (Å²) in [6, 6.07) is 7.66. The van der Waals surface area contributed by atoms with Crippen molar-refractivity contribution in [3.63, 3.8) is 0 Å². The van der Waals surface area contributed by atoms with Crippen molar-refractivity contribution in [3.05, 3.63) is 29.8 Å². The van der Waals surface area contributed by atoms with Gasteiger partial charge in [-0.05, 0) is 13.0 Å². The second kappa shape index (κ2) is 6.24. The zero-order valence-electron chi connectivity index (χ0n) is 12.0. The number of aliphatic hydroxyl groups excluding tert-OH is 1. The van der Waals surface area contributed by atoms with Gasteiger partial charge in [0.15, 0.2) is 0 Å². The van der Waals surface area contributed by atoms with E-state index in [0.717, 1.165) is 11.3 Å². The average molecular weight is 279 g/mol. The lowest BCUT2D eigenvalue weighted by Crippen LogP contribution is -2.53. The van der Waals surface area contributed by atoms with Crippen LogP contribution < -0.4 is 4.74 Å².